The van der Waals surface area contributed by atoms with Crippen LogP contribution in [0.5, 0.6) is 0 Å². The van der Waals surface area contributed by atoms with Gasteiger partial charge in [-0.1, -0.05) is 62.9 Å². The molecular weight excluding hydrogens is 470 g/mol. The fourth-order valence-electron chi connectivity index (χ4n) is 6.68. The Labute approximate surface area is 218 Å². The van der Waals surface area contributed by atoms with Gasteiger partial charge in [-0.25, -0.2) is 0 Å². The van der Waals surface area contributed by atoms with Gasteiger partial charge in [0.1, 0.15) is 17.1 Å². The molecule has 4 rings (SSSR count). The topological polar surface area (TPSA) is 113 Å². The van der Waals surface area contributed by atoms with Gasteiger partial charge >= 0.3 is 5.97 Å². The third kappa shape index (κ3) is 4.59. The average Bonchev–Trinajstić information content (AvgIpc) is 3.13. The van der Waals surface area contributed by atoms with Crippen molar-refractivity contribution in [3.05, 3.63) is 72.4 Å². The van der Waals surface area contributed by atoms with Crippen LogP contribution in [0.2, 0.25) is 0 Å². The molecule has 1 saturated heterocycles. The molecule has 7 nitrogen and oxygen atoms in total. The first-order chi connectivity index (χ1) is 17.4. The monoisotopic (exact) mass is 507 g/mol. The van der Waals surface area contributed by atoms with E-state index in [1.807, 2.05) is 37.3 Å². The lowest BCUT2D eigenvalue weighted by atomic mass is 9.51. The van der Waals surface area contributed by atoms with Gasteiger partial charge in [-0.05, 0) is 49.0 Å². The number of benzene rings is 1. The zero-order chi connectivity index (χ0) is 27.1. The van der Waals surface area contributed by atoms with E-state index in [1.54, 1.807) is 19.1 Å². The van der Waals surface area contributed by atoms with E-state index in [9.17, 15) is 24.6 Å². The molecule has 9 atom stereocenters. The van der Waals surface area contributed by atoms with Crippen LogP contribution in [-0.2, 0) is 25.5 Å². The molecule has 2 fully saturated rings. The molecule has 1 saturated carbocycles. The molecule has 1 aromatic carbocycles. The van der Waals surface area contributed by atoms with Crippen LogP contribution in [0.1, 0.15) is 39.7 Å². The first-order valence-corrected chi connectivity index (χ1v) is 12.9. The van der Waals surface area contributed by atoms with Crippen LogP contribution in [0.25, 0.3) is 0 Å². The predicted molar refractivity (Wildman–Crippen MR) is 139 cm³/mol. The second-order valence-electron chi connectivity index (χ2n) is 11.0. The maximum Gasteiger partial charge on any atom is 0.303 e. The van der Waals surface area contributed by atoms with Crippen molar-refractivity contribution in [2.75, 3.05) is 0 Å². The number of ketones is 1. The van der Waals surface area contributed by atoms with E-state index in [2.05, 4.69) is 11.9 Å². The Bertz CT molecular complexity index is 1140. The zero-order valence-corrected chi connectivity index (χ0v) is 21.9. The van der Waals surface area contributed by atoms with Gasteiger partial charge in [-0.2, -0.15) is 0 Å². The smallest absolute Gasteiger partial charge is 0.303 e. The van der Waals surface area contributed by atoms with E-state index in [0.29, 0.717) is 18.4 Å². The number of Topliss-reactive ketones (excluding diaryl/α,β-unsaturated/α-hetero) is 1. The Morgan fingerprint density at radius 3 is 2.51 bits per heavy atom. The molecule has 7 heteroatoms. The number of ether oxygens (including phenoxy) is 1. The molecule has 1 spiro atoms. The van der Waals surface area contributed by atoms with Crippen molar-refractivity contribution < 1.29 is 29.3 Å². The van der Waals surface area contributed by atoms with E-state index in [0.717, 1.165) is 5.56 Å². The summed E-state index contributed by atoms with van der Waals surface area (Å²) >= 11 is 0. The Balaban J connectivity index is 1.94. The van der Waals surface area contributed by atoms with Crippen molar-refractivity contribution in [2.45, 2.75) is 64.4 Å². The van der Waals surface area contributed by atoms with Crippen LogP contribution in [0.4, 0.5) is 0 Å². The van der Waals surface area contributed by atoms with Crippen LogP contribution >= 0.6 is 0 Å². The van der Waals surface area contributed by atoms with E-state index in [-0.39, 0.29) is 23.7 Å². The summed E-state index contributed by atoms with van der Waals surface area (Å²) in [7, 11) is 0. The molecule has 37 heavy (non-hydrogen) atoms. The maximum absolute atomic E-state index is 14.2. The fourth-order valence-corrected chi connectivity index (χ4v) is 6.68. The summed E-state index contributed by atoms with van der Waals surface area (Å²) < 4.78 is 5.81. The molecule has 3 N–H and O–H groups in total. The lowest BCUT2D eigenvalue weighted by Crippen LogP contribution is -2.60. The summed E-state index contributed by atoms with van der Waals surface area (Å²) in [5.41, 5.74) is -1.55. The van der Waals surface area contributed by atoms with Crippen molar-refractivity contribution in [1.29, 1.82) is 0 Å². The minimum Gasteiger partial charge on any atom is -0.457 e. The Morgan fingerprint density at radius 2 is 1.86 bits per heavy atom. The van der Waals surface area contributed by atoms with Crippen molar-refractivity contribution in [3.63, 3.8) is 0 Å². The number of hydrogen-bond donors (Lipinski definition) is 3. The fraction of sp³-hybridized carbons (Fsp3) is 0.500. The van der Waals surface area contributed by atoms with Gasteiger partial charge in [0.2, 0.25) is 5.91 Å². The maximum atomic E-state index is 14.2. The van der Waals surface area contributed by atoms with Gasteiger partial charge < -0.3 is 20.3 Å². The first-order valence-electron chi connectivity index (χ1n) is 12.9. The number of nitrogens with one attached hydrogen (secondary N) is 1. The van der Waals surface area contributed by atoms with Crippen molar-refractivity contribution >= 4 is 17.7 Å². The van der Waals surface area contributed by atoms with Crippen LogP contribution in [0.15, 0.2) is 66.8 Å². The van der Waals surface area contributed by atoms with Gasteiger partial charge in [-0.3, -0.25) is 14.4 Å². The average molecular weight is 508 g/mol. The van der Waals surface area contributed by atoms with Crippen LogP contribution < -0.4 is 5.32 Å². The summed E-state index contributed by atoms with van der Waals surface area (Å²) in [6.07, 6.45) is 5.01. The third-order valence-corrected chi connectivity index (χ3v) is 8.53. The first kappa shape index (κ1) is 27.0. The molecule has 1 aliphatic heterocycles. The highest BCUT2D eigenvalue weighted by molar-refractivity contribution is 5.91. The van der Waals surface area contributed by atoms with Gasteiger partial charge in [0.05, 0.1) is 6.10 Å². The summed E-state index contributed by atoms with van der Waals surface area (Å²) in [6, 6.07) is 9.49. The zero-order valence-electron chi connectivity index (χ0n) is 21.9. The highest BCUT2D eigenvalue weighted by Gasteiger charge is 2.68. The number of amides is 1. The molecule has 0 bridgehead atoms. The third-order valence-electron chi connectivity index (χ3n) is 8.53. The summed E-state index contributed by atoms with van der Waals surface area (Å²) in [5, 5.41) is 25.7. The quantitative estimate of drug-likeness (QED) is 0.428. The lowest BCUT2D eigenvalue weighted by Gasteiger charge is -2.52. The number of rotatable bonds is 3. The lowest BCUT2D eigenvalue weighted by molar-refractivity contribution is -0.166. The number of esters is 1. The van der Waals surface area contributed by atoms with E-state index in [4.69, 9.17) is 4.74 Å². The van der Waals surface area contributed by atoms with Crippen molar-refractivity contribution in [1.82, 2.24) is 5.32 Å². The van der Waals surface area contributed by atoms with Crippen LogP contribution in [0.3, 0.4) is 0 Å². The number of carbonyl (C=O) groups is 3. The molecule has 1 aromatic rings. The molecule has 1 unspecified atom stereocenters. The summed E-state index contributed by atoms with van der Waals surface area (Å²) in [6.45, 7) is 10.5. The van der Waals surface area contributed by atoms with E-state index < -0.39 is 46.9 Å². The van der Waals surface area contributed by atoms with Crippen molar-refractivity contribution in [2.24, 2.45) is 29.1 Å². The number of aliphatic hydroxyl groups is 2. The normalized spacial score (nSPS) is 39.8. The minimum atomic E-state index is -1.82. The minimum absolute atomic E-state index is 0.287. The molecular formula is C30H37NO6. The van der Waals surface area contributed by atoms with Crippen LogP contribution in [-0.4, -0.2) is 51.7 Å². The van der Waals surface area contributed by atoms with Gasteiger partial charge in [0.15, 0.2) is 5.78 Å². The number of aliphatic hydroxyl groups excluding tert-OH is 1. The molecule has 0 radical (unpaired) electrons. The predicted octanol–water partition coefficient (Wildman–Crippen LogP) is 2.92. The summed E-state index contributed by atoms with van der Waals surface area (Å²) in [5.74, 6) is -3.26. The Kier molecular flexibility index (Phi) is 7.32. The molecule has 1 amide bonds. The number of allylic oxidation sites excluding steroid dienone is 1. The largest absolute Gasteiger partial charge is 0.457 e. The molecule has 2 aliphatic carbocycles. The Morgan fingerprint density at radius 1 is 1.19 bits per heavy atom. The molecule has 3 aliphatic rings. The molecule has 0 aromatic heterocycles. The second-order valence-corrected chi connectivity index (χ2v) is 11.0. The second kappa shape index (κ2) is 10.0. The highest BCUT2D eigenvalue weighted by Crippen LogP contribution is 2.58. The molecule has 1 heterocycles. The van der Waals surface area contributed by atoms with Crippen LogP contribution in [0, 0.1) is 29.1 Å². The van der Waals surface area contributed by atoms with Crippen molar-refractivity contribution in [3.8, 4) is 0 Å². The highest BCUT2D eigenvalue weighted by atomic mass is 16.5. The van der Waals surface area contributed by atoms with Gasteiger partial charge in [0, 0.05) is 30.7 Å². The van der Waals surface area contributed by atoms with Gasteiger partial charge in [-0.15, -0.1) is 0 Å². The number of carbonyl (C=O) groups excluding carboxylic acids is 3. The standard InChI is InChI=1S/C30H37NO6/c1-17-10-9-13-22-26(33)19(3)18(2)25-23(16-21-11-7-6-8-12-21)31-28(35)30(22,25)24(37-20(4)32)14-15-29(5,36)27(17)34/h6-9,11-15,17-18,22-26,33,36H,3,10,16H2,1-2,4-5H3,(H,31,35)/t17-,18+,22?,23-,24+,25-,26+,29+,30+/m0/s1. The van der Waals surface area contributed by atoms with E-state index >= 15 is 0 Å². The Hall–Kier alpha value is -3.03. The molecule has 198 valence electrons. The summed E-state index contributed by atoms with van der Waals surface area (Å²) in [4.78, 5) is 39.5. The number of hydrogen-bond acceptors (Lipinski definition) is 6. The van der Waals surface area contributed by atoms with E-state index in [1.165, 1.54) is 26.0 Å². The van der Waals surface area contributed by atoms with Gasteiger partial charge in [0.25, 0.3) is 0 Å². The SMILES string of the molecule is C=C1[C@@H](O)C2C=CC[C@H](C)C(=O)[C@](C)(O)C=C[C@@H](OC(C)=O)[C@]23C(=O)N[C@@H](Cc2ccccc2)[C@@H]3[C@@H]1C.